The van der Waals surface area contributed by atoms with Gasteiger partial charge < -0.3 is 9.78 Å². The van der Waals surface area contributed by atoms with Crippen molar-refractivity contribution in [1.29, 1.82) is 0 Å². The monoisotopic (exact) mass is 186 g/mol. The van der Waals surface area contributed by atoms with Crippen LogP contribution in [0.25, 0.3) is 0 Å². The van der Waals surface area contributed by atoms with Crippen LogP contribution < -0.4 is 0 Å². The van der Waals surface area contributed by atoms with Gasteiger partial charge in [0.15, 0.2) is 0 Å². The van der Waals surface area contributed by atoms with Gasteiger partial charge in [-0.15, -0.1) is 0 Å². The van der Waals surface area contributed by atoms with Crippen molar-refractivity contribution < 1.29 is 19.5 Å². The van der Waals surface area contributed by atoms with Crippen molar-refractivity contribution in [3.05, 3.63) is 6.33 Å². The van der Waals surface area contributed by atoms with Crippen molar-refractivity contribution in [1.82, 2.24) is 20.2 Å². The van der Waals surface area contributed by atoms with Crippen LogP contribution in [0.3, 0.4) is 0 Å². The number of aromatic nitrogens is 4. The fourth-order valence-electron chi connectivity index (χ4n) is 0.185. The van der Waals surface area contributed by atoms with E-state index in [9.17, 15) is 0 Å². The van der Waals surface area contributed by atoms with E-state index in [0.717, 1.165) is 0 Å². The molecule has 0 spiro atoms. The summed E-state index contributed by atoms with van der Waals surface area (Å²) in [6.07, 6.45) is 2.44. The van der Waals surface area contributed by atoms with Crippen molar-refractivity contribution in [2.45, 2.75) is 0 Å². The third-order valence-electron chi connectivity index (χ3n) is 0.408. The first kappa shape index (κ1) is 6.69. The van der Waals surface area contributed by atoms with Crippen LogP contribution in [0.15, 0.2) is 0 Å². The second-order valence-corrected chi connectivity index (χ2v) is 0.902. The molecule has 1 aromatic rings. The second kappa shape index (κ2) is 2.80. The zero-order valence-electron chi connectivity index (χ0n) is 3.62. The van der Waals surface area contributed by atoms with Gasteiger partial charge in [0.05, 0.1) is 0 Å². The number of aryl methyl sites for hydroxylation is 1. The summed E-state index contributed by atoms with van der Waals surface area (Å²) in [5, 5.41) is 9.94. The predicted octanol–water partition coefficient (Wildman–Crippen LogP) is -0.992. The fourth-order valence-corrected chi connectivity index (χ4v) is 0.185. The minimum absolute atomic E-state index is 0. The van der Waals surface area contributed by atoms with Gasteiger partial charge in [0.2, 0.25) is 0 Å². The van der Waals surface area contributed by atoms with Crippen LogP contribution in [0, 0.1) is 6.33 Å². The van der Waals surface area contributed by atoms with Crippen LogP contribution >= 0.6 is 0 Å². The van der Waals surface area contributed by atoms with E-state index >= 15 is 0 Å². The number of hydrogen-bond acceptors (Lipinski definition) is 3. The van der Waals surface area contributed by atoms with Crippen molar-refractivity contribution in [2.75, 3.05) is 0 Å². The van der Waals surface area contributed by atoms with Crippen LogP contribution in [0.4, 0.5) is 0 Å². The minimum Gasteiger partial charge on any atom is -0.410 e. The first-order valence-electron chi connectivity index (χ1n) is 1.49. The van der Waals surface area contributed by atoms with Gasteiger partial charge in [0.1, 0.15) is 0 Å². The molecule has 0 fully saturated rings. The number of nitrogens with zero attached hydrogens (tertiary/aromatic N) is 4. The molecule has 1 rings (SSSR count). The van der Waals surface area contributed by atoms with E-state index in [2.05, 4.69) is 21.9 Å². The average Bonchev–Trinajstić information content (AvgIpc) is 1.86. The molecule has 7 heavy (non-hydrogen) atoms. The Balaban J connectivity index is 0.000000360. The molecule has 0 atom stereocenters. The molecule has 5 heteroatoms. The molecule has 0 bridgehead atoms. The van der Waals surface area contributed by atoms with Gasteiger partial charge in [0, 0.05) is 19.5 Å². The molecule has 0 saturated carbocycles. The zero-order valence-corrected chi connectivity index (χ0v) is 5.26. The van der Waals surface area contributed by atoms with Crippen molar-refractivity contribution in [3.8, 4) is 0 Å². The first-order valence-corrected chi connectivity index (χ1v) is 1.49. The summed E-state index contributed by atoms with van der Waals surface area (Å²) < 4.78 is 1.40. The van der Waals surface area contributed by atoms with E-state index in [1.807, 2.05) is 0 Å². The summed E-state index contributed by atoms with van der Waals surface area (Å²) in [6.45, 7) is 0. The molecule has 1 radical (unpaired) electrons. The third-order valence-corrected chi connectivity index (χ3v) is 0.408. The van der Waals surface area contributed by atoms with E-state index in [1.54, 1.807) is 7.05 Å². The van der Waals surface area contributed by atoms with Gasteiger partial charge in [-0.3, -0.25) is 0 Å². The topological polar surface area (TPSA) is 43.6 Å². The normalized spacial score (nSPS) is 7.57. The summed E-state index contributed by atoms with van der Waals surface area (Å²) in [6, 6.07) is 0. The third kappa shape index (κ3) is 1.73. The molecule has 0 amide bonds. The Labute approximate surface area is 53.7 Å². The Morgan fingerprint density at radius 2 is 2.29 bits per heavy atom. The molecule has 0 aliphatic heterocycles. The molecule has 1 aromatic heterocycles. The Bertz CT molecular complexity index is 113. The molecule has 0 unspecified atom stereocenters. The summed E-state index contributed by atoms with van der Waals surface area (Å²) >= 11 is 0. The first-order chi connectivity index (χ1) is 2.89. The Morgan fingerprint density at radius 3 is 2.43 bits per heavy atom. The van der Waals surface area contributed by atoms with Gasteiger partial charge >= 0.3 is 0 Å². The van der Waals surface area contributed by atoms with E-state index in [4.69, 9.17) is 0 Å². The van der Waals surface area contributed by atoms with Crippen LogP contribution in [0.5, 0.6) is 0 Å². The van der Waals surface area contributed by atoms with E-state index < -0.39 is 0 Å². The molecule has 4 nitrogen and oxygen atoms in total. The predicted molar refractivity (Wildman–Crippen MR) is 17.6 cm³/mol. The summed E-state index contributed by atoms with van der Waals surface area (Å²) in [7, 11) is 1.71. The summed E-state index contributed by atoms with van der Waals surface area (Å²) in [5.74, 6) is 0. The van der Waals surface area contributed by atoms with E-state index in [-0.39, 0.29) is 19.5 Å². The van der Waals surface area contributed by atoms with Gasteiger partial charge in [-0.2, -0.15) is 0 Å². The van der Waals surface area contributed by atoms with E-state index in [1.165, 1.54) is 4.68 Å². The van der Waals surface area contributed by atoms with Gasteiger partial charge in [-0.05, 0) is 7.05 Å². The Morgan fingerprint density at radius 1 is 1.57 bits per heavy atom. The molecular formula is C2H3N4Rh-. The summed E-state index contributed by atoms with van der Waals surface area (Å²) in [4.78, 5) is 0. The zero-order chi connectivity index (χ0) is 4.41. The van der Waals surface area contributed by atoms with Crippen molar-refractivity contribution in [2.24, 2.45) is 7.05 Å². The Kier molecular flexibility index (Phi) is 2.68. The maximum absolute atomic E-state index is 3.42. The van der Waals surface area contributed by atoms with Crippen molar-refractivity contribution in [3.63, 3.8) is 0 Å². The largest absolute Gasteiger partial charge is 0.410 e. The molecule has 1 heterocycles. The smallest absolute Gasteiger partial charge is 0 e. The van der Waals surface area contributed by atoms with Gasteiger partial charge in [0.25, 0.3) is 0 Å². The molecule has 41 valence electrons. The van der Waals surface area contributed by atoms with Gasteiger partial charge in [-0.1, -0.05) is 10.4 Å². The van der Waals surface area contributed by atoms with Crippen LogP contribution in [0.2, 0.25) is 0 Å². The fraction of sp³-hybridized carbons (Fsp3) is 0.500. The van der Waals surface area contributed by atoms with Crippen LogP contribution in [0.1, 0.15) is 0 Å². The van der Waals surface area contributed by atoms with Gasteiger partial charge in [-0.25, -0.2) is 6.33 Å². The van der Waals surface area contributed by atoms with Crippen LogP contribution in [-0.4, -0.2) is 20.2 Å². The molecule has 0 aliphatic carbocycles. The molecule has 0 N–H and O–H groups in total. The standard InChI is InChI=1S/C2H3N4.Rh/c1-6-2-3-4-5-6;/h1H3;/q-1;. The van der Waals surface area contributed by atoms with E-state index in [0.29, 0.717) is 0 Å². The SMILES string of the molecule is Cn1[c-]nnn1.[Rh]. The molecule has 0 aromatic carbocycles. The van der Waals surface area contributed by atoms with Crippen molar-refractivity contribution >= 4 is 0 Å². The molecular weight excluding hydrogens is 183 g/mol. The summed E-state index contributed by atoms with van der Waals surface area (Å²) in [5.41, 5.74) is 0. The number of rotatable bonds is 0. The maximum Gasteiger partial charge on any atom is 0 e. The Hall–Kier alpha value is -0.307. The maximum atomic E-state index is 3.42. The molecule has 0 saturated heterocycles. The second-order valence-electron chi connectivity index (χ2n) is 0.902. The average molecular weight is 186 g/mol. The number of hydrogen-bond donors (Lipinski definition) is 0. The van der Waals surface area contributed by atoms with Crippen LogP contribution in [-0.2, 0) is 26.5 Å². The number of tetrazole rings is 1. The molecule has 0 aliphatic rings. The quantitative estimate of drug-likeness (QED) is 0.385. The minimum atomic E-state index is 0.